The number of carbonyl (C=O) groups is 2. The van der Waals surface area contributed by atoms with Crippen LogP contribution in [0.5, 0.6) is 5.75 Å². The van der Waals surface area contributed by atoms with Crippen LogP contribution >= 0.6 is 35.0 Å². The fourth-order valence-electron chi connectivity index (χ4n) is 4.17. The van der Waals surface area contributed by atoms with Gasteiger partial charge in [-0.1, -0.05) is 35.3 Å². The van der Waals surface area contributed by atoms with Crippen LogP contribution in [0, 0.1) is 0 Å². The van der Waals surface area contributed by atoms with Gasteiger partial charge >= 0.3 is 0 Å². The first kappa shape index (κ1) is 21.3. The maximum Gasteiger partial charge on any atom is 0.257 e. The molecular weight excluding hydrogens is 443 g/mol. The predicted octanol–water partition coefficient (Wildman–Crippen LogP) is 4.82. The third-order valence-corrected chi connectivity index (χ3v) is 7.85. The van der Waals surface area contributed by atoms with Gasteiger partial charge < -0.3 is 14.5 Å². The maximum absolute atomic E-state index is 13.3. The van der Waals surface area contributed by atoms with Crippen molar-refractivity contribution in [3.63, 3.8) is 0 Å². The first-order chi connectivity index (χ1) is 14.4. The molecule has 0 aromatic heterocycles. The van der Waals surface area contributed by atoms with E-state index in [0.29, 0.717) is 46.6 Å². The van der Waals surface area contributed by atoms with E-state index in [2.05, 4.69) is 0 Å². The van der Waals surface area contributed by atoms with Gasteiger partial charge in [0.2, 0.25) is 0 Å². The van der Waals surface area contributed by atoms with Crippen LogP contribution in [0.25, 0.3) is 0 Å². The third kappa shape index (κ3) is 3.88. The van der Waals surface area contributed by atoms with Crippen LogP contribution < -0.4 is 4.74 Å². The number of rotatable bonds is 3. The highest BCUT2D eigenvalue weighted by atomic mass is 35.5. The molecule has 0 atom stereocenters. The number of piperidine rings is 1. The average Bonchev–Trinajstić information content (AvgIpc) is 3.16. The topological polar surface area (TPSA) is 49.9 Å². The molecule has 2 aliphatic heterocycles. The number of amides is 2. The minimum atomic E-state index is -0.308. The van der Waals surface area contributed by atoms with Crippen LogP contribution in [0.2, 0.25) is 10.0 Å². The summed E-state index contributed by atoms with van der Waals surface area (Å²) < 4.78 is 5.34. The largest absolute Gasteiger partial charge is 0.496 e. The van der Waals surface area contributed by atoms with E-state index in [0.717, 1.165) is 18.6 Å². The molecule has 30 heavy (non-hydrogen) atoms. The lowest BCUT2D eigenvalue weighted by Gasteiger charge is -2.44. The van der Waals surface area contributed by atoms with Crippen LogP contribution in [0.1, 0.15) is 33.6 Å². The maximum atomic E-state index is 13.3. The molecule has 158 valence electrons. The zero-order chi connectivity index (χ0) is 21.3. The molecule has 2 heterocycles. The standard InChI is InChI=1S/C22H22Cl2N2O3S/c1-29-19-5-3-2-4-17(19)20(27)25-10-8-22(9-11-25)26(12-13-30-22)21(28)16-7-6-15(23)14-18(16)24/h2-7,14H,8-13H2,1H3. The summed E-state index contributed by atoms with van der Waals surface area (Å²) in [4.78, 5) is 29.8. The van der Waals surface area contributed by atoms with Crippen molar-refractivity contribution in [2.45, 2.75) is 17.7 Å². The Balaban J connectivity index is 1.50. The second-order valence-electron chi connectivity index (χ2n) is 7.37. The molecule has 0 N–H and O–H groups in total. The highest BCUT2D eigenvalue weighted by molar-refractivity contribution is 8.00. The number of hydrogen-bond acceptors (Lipinski definition) is 4. The fraction of sp³-hybridized carbons (Fsp3) is 0.364. The molecule has 2 aromatic carbocycles. The van der Waals surface area contributed by atoms with E-state index < -0.39 is 0 Å². The number of thioether (sulfide) groups is 1. The van der Waals surface area contributed by atoms with Gasteiger partial charge in [0.25, 0.3) is 11.8 Å². The summed E-state index contributed by atoms with van der Waals surface area (Å²) in [6.45, 7) is 1.84. The molecule has 0 aliphatic carbocycles. The number of methoxy groups -OCH3 is 1. The van der Waals surface area contributed by atoms with Gasteiger partial charge in [0.1, 0.15) is 5.75 Å². The Bertz CT molecular complexity index is 977. The molecule has 2 aromatic rings. The lowest BCUT2D eigenvalue weighted by Crippen LogP contribution is -2.53. The molecule has 5 nitrogen and oxygen atoms in total. The van der Waals surface area contributed by atoms with Gasteiger partial charge in [0.05, 0.1) is 28.1 Å². The van der Waals surface area contributed by atoms with Crippen molar-refractivity contribution in [3.8, 4) is 5.75 Å². The van der Waals surface area contributed by atoms with Crippen LogP contribution in [-0.4, -0.2) is 59.0 Å². The molecule has 0 radical (unpaired) electrons. The number of nitrogens with zero attached hydrogens (tertiary/aromatic N) is 2. The van der Waals surface area contributed by atoms with E-state index in [4.69, 9.17) is 27.9 Å². The Kier molecular flexibility index (Phi) is 6.19. The SMILES string of the molecule is COc1ccccc1C(=O)N1CCC2(CC1)SCCN2C(=O)c1ccc(Cl)cc1Cl. The summed E-state index contributed by atoms with van der Waals surface area (Å²) in [6.07, 6.45) is 1.44. The summed E-state index contributed by atoms with van der Waals surface area (Å²) >= 11 is 14.1. The molecule has 8 heteroatoms. The number of hydrogen-bond donors (Lipinski definition) is 0. The van der Waals surface area contributed by atoms with Crippen LogP contribution in [-0.2, 0) is 0 Å². The van der Waals surface area contributed by atoms with E-state index in [1.54, 1.807) is 49.2 Å². The normalized spacial score (nSPS) is 18.0. The monoisotopic (exact) mass is 464 g/mol. The summed E-state index contributed by atoms with van der Waals surface area (Å²) in [5, 5.41) is 0.869. The summed E-state index contributed by atoms with van der Waals surface area (Å²) in [5.41, 5.74) is 1.03. The van der Waals surface area contributed by atoms with Gasteiger partial charge in [0, 0.05) is 30.4 Å². The van der Waals surface area contributed by atoms with Crippen molar-refractivity contribution in [1.82, 2.24) is 9.80 Å². The van der Waals surface area contributed by atoms with Crippen molar-refractivity contribution in [3.05, 3.63) is 63.6 Å². The molecule has 0 bridgehead atoms. The zero-order valence-electron chi connectivity index (χ0n) is 16.6. The second kappa shape index (κ2) is 8.69. The van der Waals surface area contributed by atoms with Crippen molar-refractivity contribution in [1.29, 1.82) is 0 Å². The minimum Gasteiger partial charge on any atom is -0.496 e. The quantitative estimate of drug-likeness (QED) is 0.652. The zero-order valence-corrected chi connectivity index (χ0v) is 18.9. The highest BCUT2D eigenvalue weighted by Crippen LogP contribution is 2.45. The molecule has 2 saturated heterocycles. The Morgan fingerprint density at radius 1 is 1.00 bits per heavy atom. The minimum absolute atomic E-state index is 0.0380. The molecule has 2 amide bonds. The Hall–Kier alpha value is -1.89. The summed E-state index contributed by atoms with van der Waals surface area (Å²) in [5.74, 6) is 1.33. The van der Waals surface area contributed by atoms with Crippen LogP contribution in [0.3, 0.4) is 0 Å². The first-order valence-electron chi connectivity index (χ1n) is 9.78. The average molecular weight is 465 g/mol. The fourth-order valence-corrected chi connectivity index (χ4v) is 6.11. The van der Waals surface area contributed by atoms with E-state index >= 15 is 0 Å². The first-order valence-corrected chi connectivity index (χ1v) is 11.5. The van der Waals surface area contributed by atoms with Crippen molar-refractivity contribution >= 4 is 46.8 Å². The van der Waals surface area contributed by atoms with Crippen molar-refractivity contribution < 1.29 is 14.3 Å². The van der Waals surface area contributed by atoms with E-state index in [-0.39, 0.29) is 16.7 Å². The van der Waals surface area contributed by atoms with Crippen LogP contribution in [0.15, 0.2) is 42.5 Å². The van der Waals surface area contributed by atoms with Gasteiger partial charge in [-0.05, 0) is 43.2 Å². The van der Waals surface area contributed by atoms with Gasteiger partial charge in [-0.2, -0.15) is 0 Å². The van der Waals surface area contributed by atoms with Gasteiger partial charge in [0.15, 0.2) is 0 Å². The number of ether oxygens (including phenoxy) is 1. The number of likely N-dealkylation sites (tertiary alicyclic amines) is 1. The molecule has 0 saturated carbocycles. The van der Waals surface area contributed by atoms with E-state index in [1.807, 2.05) is 21.9 Å². The predicted molar refractivity (Wildman–Crippen MR) is 121 cm³/mol. The van der Waals surface area contributed by atoms with E-state index in [9.17, 15) is 9.59 Å². The van der Waals surface area contributed by atoms with E-state index in [1.165, 1.54) is 0 Å². The smallest absolute Gasteiger partial charge is 0.257 e. The molecular formula is C22H22Cl2N2O3S. The molecule has 4 rings (SSSR count). The van der Waals surface area contributed by atoms with Gasteiger partial charge in [-0.25, -0.2) is 0 Å². The molecule has 0 unspecified atom stereocenters. The summed E-state index contributed by atoms with van der Waals surface area (Å²) in [6, 6.07) is 12.2. The number of carbonyl (C=O) groups excluding carboxylic acids is 2. The number of benzene rings is 2. The van der Waals surface area contributed by atoms with Crippen molar-refractivity contribution in [2.75, 3.05) is 32.5 Å². The lowest BCUT2D eigenvalue weighted by molar-refractivity contribution is 0.0497. The summed E-state index contributed by atoms with van der Waals surface area (Å²) in [7, 11) is 1.57. The number of para-hydroxylation sites is 1. The molecule has 2 fully saturated rings. The third-order valence-electron chi connectivity index (χ3n) is 5.75. The molecule has 1 spiro atoms. The second-order valence-corrected chi connectivity index (χ2v) is 9.67. The number of halogens is 2. The van der Waals surface area contributed by atoms with Gasteiger partial charge in [-0.15, -0.1) is 11.8 Å². The van der Waals surface area contributed by atoms with Gasteiger partial charge in [-0.3, -0.25) is 9.59 Å². The van der Waals surface area contributed by atoms with Crippen molar-refractivity contribution in [2.24, 2.45) is 0 Å². The highest BCUT2D eigenvalue weighted by Gasteiger charge is 2.47. The van der Waals surface area contributed by atoms with Crippen LogP contribution in [0.4, 0.5) is 0 Å². The Morgan fingerprint density at radius 2 is 1.73 bits per heavy atom. The Morgan fingerprint density at radius 3 is 2.43 bits per heavy atom. The lowest BCUT2D eigenvalue weighted by atomic mass is 10.00. The Labute approximate surface area is 190 Å². The molecule has 2 aliphatic rings.